The Morgan fingerprint density at radius 3 is 2.71 bits per heavy atom. The summed E-state index contributed by atoms with van der Waals surface area (Å²) in [5, 5.41) is 8.51. The molecular weight excluding hydrogens is 300 g/mol. The van der Waals surface area contributed by atoms with Crippen LogP contribution in [0.3, 0.4) is 0 Å². The summed E-state index contributed by atoms with van der Waals surface area (Å²) >= 11 is 0. The highest BCUT2D eigenvalue weighted by Gasteiger charge is 2.31. The molecule has 0 aliphatic heterocycles. The first-order valence-corrected chi connectivity index (χ1v) is 8.63. The normalized spacial score (nSPS) is 16.6. The standard InChI is InChI=1S/C20H18N2O2/c23-19-13-7-3-4-8-14(13)20-18-16(22-24-20)10-9-15(17(18)19)21-11-12-5-1-2-6-12/h3-4,7-10,12,21H,1-2,5-6,11H2. The number of fused-ring (bicyclic) bond motifs is 2. The van der Waals surface area contributed by atoms with Gasteiger partial charge in [-0.25, -0.2) is 0 Å². The number of nitrogens with zero attached hydrogens (tertiary/aromatic N) is 1. The minimum atomic E-state index is 0.0563. The van der Waals surface area contributed by atoms with Gasteiger partial charge in [0.05, 0.1) is 10.9 Å². The SMILES string of the molecule is O=C1c2ccccc2-c2onc3ccc(NCC4CCCC4)c1c23. The topological polar surface area (TPSA) is 55.1 Å². The van der Waals surface area contributed by atoms with E-state index in [1.165, 1.54) is 25.7 Å². The van der Waals surface area contributed by atoms with E-state index in [9.17, 15) is 4.79 Å². The van der Waals surface area contributed by atoms with Crippen molar-refractivity contribution in [3.63, 3.8) is 0 Å². The van der Waals surface area contributed by atoms with Crippen LogP contribution >= 0.6 is 0 Å². The molecule has 0 saturated heterocycles. The van der Waals surface area contributed by atoms with Crippen molar-refractivity contribution in [3.05, 3.63) is 47.5 Å². The Balaban J connectivity index is 1.64. The van der Waals surface area contributed by atoms with Crippen LogP contribution in [0.1, 0.15) is 41.6 Å². The van der Waals surface area contributed by atoms with E-state index < -0.39 is 0 Å². The number of aromatic nitrogens is 1. The maximum absolute atomic E-state index is 13.1. The number of hydrogen-bond donors (Lipinski definition) is 1. The lowest BCUT2D eigenvalue weighted by molar-refractivity contribution is 0.104. The molecule has 1 fully saturated rings. The van der Waals surface area contributed by atoms with Crippen LogP contribution in [0, 0.1) is 5.92 Å². The Morgan fingerprint density at radius 2 is 1.88 bits per heavy atom. The Morgan fingerprint density at radius 1 is 1.08 bits per heavy atom. The van der Waals surface area contributed by atoms with Crippen molar-refractivity contribution in [2.24, 2.45) is 5.92 Å². The molecule has 5 rings (SSSR count). The number of carbonyl (C=O) groups excluding carboxylic acids is 1. The molecule has 0 spiro atoms. The molecule has 0 bridgehead atoms. The summed E-state index contributed by atoms with van der Waals surface area (Å²) in [5.41, 5.74) is 3.89. The van der Waals surface area contributed by atoms with Crippen molar-refractivity contribution in [2.75, 3.05) is 11.9 Å². The van der Waals surface area contributed by atoms with E-state index in [0.717, 1.165) is 28.7 Å². The zero-order chi connectivity index (χ0) is 16.1. The number of benzene rings is 2. The summed E-state index contributed by atoms with van der Waals surface area (Å²) < 4.78 is 5.57. The largest absolute Gasteiger partial charge is 0.384 e. The van der Waals surface area contributed by atoms with Crippen molar-refractivity contribution in [1.82, 2.24) is 5.16 Å². The molecule has 2 aliphatic rings. The van der Waals surface area contributed by atoms with Gasteiger partial charge in [0.1, 0.15) is 5.52 Å². The minimum Gasteiger partial charge on any atom is -0.384 e. The lowest BCUT2D eigenvalue weighted by Crippen LogP contribution is -2.16. The molecule has 1 heterocycles. The fourth-order valence-corrected chi connectivity index (χ4v) is 4.09. The molecule has 0 radical (unpaired) electrons. The zero-order valence-electron chi connectivity index (χ0n) is 13.3. The first-order chi connectivity index (χ1) is 11.8. The molecule has 24 heavy (non-hydrogen) atoms. The van der Waals surface area contributed by atoms with Gasteiger partial charge in [0.2, 0.25) is 0 Å². The van der Waals surface area contributed by atoms with Gasteiger partial charge in [0.15, 0.2) is 11.5 Å². The van der Waals surface area contributed by atoms with E-state index in [1.54, 1.807) is 0 Å². The lowest BCUT2D eigenvalue weighted by atomic mass is 9.87. The van der Waals surface area contributed by atoms with Gasteiger partial charge in [-0.15, -0.1) is 0 Å². The Bertz CT molecular complexity index is 951. The molecule has 0 atom stereocenters. The number of nitrogens with one attached hydrogen (secondary N) is 1. The highest BCUT2D eigenvalue weighted by atomic mass is 16.5. The van der Waals surface area contributed by atoms with Gasteiger partial charge in [-0.05, 0) is 30.9 Å². The second-order valence-electron chi connectivity index (χ2n) is 6.80. The molecular formula is C20H18N2O2. The fraction of sp³-hybridized carbons (Fsp3) is 0.300. The van der Waals surface area contributed by atoms with Crippen LogP contribution in [0.2, 0.25) is 0 Å². The van der Waals surface area contributed by atoms with Crippen LogP contribution in [0.25, 0.3) is 22.2 Å². The maximum Gasteiger partial charge on any atom is 0.196 e. The average molecular weight is 318 g/mol. The summed E-state index contributed by atoms with van der Waals surface area (Å²) in [6.45, 7) is 0.925. The zero-order valence-corrected chi connectivity index (χ0v) is 13.3. The van der Waals surface area contributed by atoms with Crippen LogP contribution in [0.15, 0.2) is 40.9 Å². The molecule has 2 aromatic carbocycles. The van der Waals surface area contributed by atoms with Crippen LogP contribution in [0.4, 0.5) is 5.69 Å². The van der Waals surface area contributed by atoms with Gasteiger partial charge in [0, 0.05) is 23.4 Å². The first-order valence-electron chi connectivity index (χ1n) is 8.63. The average Bonchev–Trinajstić information content (AvgIpc) is 3.28. The molecule has 3 aromatic rings. The Hall–Kier alpha value is -2.62. The van der Waals surface area contributed by atoms with E-state index in [4.69, 9.17) is 4.52 Å². The van der Waals surface area contributed by atoms with Gasteiger partial charge in [0.25, 0.3) is 0 Å². The van der Waals surface area contributed by atoms with Crippen LogP contribution < -0.4 is 5.32 Å². The predicted octanol–water partition coefficient (Wildman–Crippen LogP) is 4.64. The maximum atomic E-state index is 13.1. The lowest BCUT2D eigenvalue weighted by Gasteiger charge is -2.19. The number of rotatable bonds is 3. The van der Waals surface area contributed by atoms with E-state index >= 15 is 0 Å². The molecule has 0 amide bonds. The third kappa shape index (κ3) is 1.92. The summed E-state index contributed by atoms with van der Waals surface area (Å²) in [5.74, 6) is 1.47. The summed E-state index contributed by atoms with van der Waals surface area (Å²) in [6.07, 6.45) is 5.19. The molecule has 0 unspecified atom stereocenters. The van der Waals surface area contributed by atoms with Crippen LogP contribution in [-0.2, 0) is 0 Å². The van der Waals surface area contributed by atoms with Gasteiger partial charge in [-0.3, -0.25) is 4.79 Å². The van der Waals surface area contributed by atoms with Gasteiger partial charge < -0.3 is 9.84 Å². The Labute approximate surface area is 139 Å². The second kappa shape index (κ2) is 5.20. The van der Waals surface area contributed by atoms with E-state index in [0.29, 0.717) is 22.8 Å². The quantitative estimate of drug-likeness (QED) is 0.598. The van der Waals surface area contributed by atoms with E-state index in [-0.39, 0.29) is 5.78 Å². The van der Waals surface area contributed by atoms with Crippen molar-refractivity contribution < 1.29 is 9.32 Å². The third-order valence-corrected chi connectivity index (χ3v) is 5.34. The molecule has 120 valence electrons. The molecule has 1 saturated carbocycles. The fourth-order valence-electron chi connectivity index (χ4n) is 4.09. The number of ketones is 1. The van der Waals surface area contributed by atoms with E-state index in [2.05, 4.69) is 10.5 Å². The minimum absolute atomic E-state index is 0.0563. The van der Waals surface area contributed by atoms with Crippen molar-refractivity contribution >= 4 is 22.4 Å². The predicted molar refractivity (Wildman–Crippen MR) is 93.3 cm³/mol. The summed E-state index contributed by atoms with van der Waals surface area (Å²) in [7, 11) is 0. The number of hydrogen-bond acceptors (Lipinski definition) is 4. The summed E-state index contributed by atoms with van der Waals surface area (Å²) in [6, 6.07) is 11.5. The number of anilines is 1. The molecule has 1 aromatic heterocycles. The summed E-state index contributed by atoms with van der Waals surface area (Å²) in [4.78, 5) is 13.1. The first kappa shape index (κ1) is 13.8. The molecule has 4 nitrogen and oxygen atoms in total. The van der Waals surface area contributed by atoms with Gasteiger partial charge in [-0.1, -0.05) is 42.3 Å². The Kier molecular flexibility index (Phi) is 2.98. The monoisotopic (exact) mass is 318 g/mol. The second-order valence-corrected chi connectivity index (χ2v) is 6.80. The molecule has 2 aliphatic carbocycles. The van der Waals surface area contributed by atoms with E-state index in [1.807, 2.05) is 36.4 Å². The van der Waals surface area contributed by atoms with Crippen LogP contribution in [-0.4, -0.2) is 17.5 Å². The highest BCUT2D eigenvalue weighted by Crippen LogP contribution is 2.42. The number of carbonyl (C=O) groups is 1. The van der Waals surface area contributed by atoms with Crippen molar-refractivity contribution in [3.8, 4) is 11.3 Å². The highest BCUT2D eigenvalue weighted by molar-refractivity contribution is 6.27. The smallest absolute Gasteiger partial charge is 0.196 e. The molecule has 4 heteroatoms. The van der Waals surface area contributed by atoms with Crippen molar-refractivity contribution in [1.29, 1.82) is 0 Å². The van der Waals surface area contributed by atoms with Crippen molar-refractivity contribution in [2.45, 2.75) is 25.7 Å². The third-order valence-electron chi connectivity index (χ3n) is 5.34. The van der Waals surface area contributed by atoms with Gasteiger partial charge in [-0.2, -0.15) is 0 Å². The molecule has 1 N–H and O–H groups in total. The van der Waals surface area contributed by atoms with Gasteiger partial charge >= 0.3 is 0 Å². The van der Waals surface area contributed by atoms with Crippen LogP contribution in [0.5, 0.6) is 0 Å².